The summed E-state index contributed by atoms with van der Waals surface area (Å²) < 4.78 is 0. The molecule has 3 rings (SSSR count). The van der Waals surface area contributed by atoms with Crippen molar-refractivity contribution in [1.82, 2.24) is 5.32 Å². The van der Waals surface area contributed by atoms with Crippen LogP contribution in [0.2, 0.25) is 0 Å². The van der Waals surface area contributed by atoms with E-state index < -0.39 is 0 Å². The topological polar surface area (TPSA) is 55.1 Å². The highest BCUT2D eigenvalue weighted by atomic mass is 35.5. The van der Waals surface area contributed by atoms with Crippen LogP contribution in [0.3, 0.4) is 0 Å². The van der Waals surface area contributed by atoms with Crippen molar-refractivity contribution in [2.45, 2.75) is 76.3 Å². The van der Waals surface area contributed by atoms with Gasteiger partial charge in [0.15, 0.2) is 0 Å². The maximum atomic E-state index is 12.5. The lowest BCUT2D eigenvalue weighted by Gasteiger charge is -2.44. The number of fused-ring (bicyclic) bond motifs is 2. The predicted octanol–water partition coefficient (Wildman–Crippen LogP) is 3.01. The Bertz CT molecular complexity index is 340. The summed E-state index contributed by atoms with van der Waals surface area (Å²) in [5.41, 5.74) is 6.38. The summed E-state index contributed by atoms with van der Waals surface area (Å²) in [4.78, 5) is 12.5. The van der Waals surface area contributed by atoms with Gasteiger partial charge in [0, 0.05) is 17.5 Å². The molecule has 0 aromatic heterocycles. The van der Waals surface area contributed by atoms with Crippen LogP contribution in [0.1, 0.15) is 64.7 Å². The molecule has 2 bridgehead atoms. The standard InChI is InChI=1S/C16H28N2O.ClH/c1-16(7-2-3-8-16)18-15(19)13-9-11-5-4-6-12(10-13)14(11)17;/h11-14H,2-10,17H2,1H3,(H,18,19);1H. The molecule has 2 atom stereocenters. The first-order valence-electron chi connectivity index (χ1n) is 8.15. The first-order valence-corrected chi connectivity index (χ1v) is 8.15. The molecule has 116 valence electrons. The van der Waals surface area contributed by atoms with E-state index in [1.165, 1.54) is 32.1 Å². The molecule has 20 heavy (non-hydrogen) atoms. The van der Waals surface area contributed by atoms with E-state index in [4.69, 9.17) is 5.73 Å². The third-order valence-corrected chi connectivity index (χ3v) is 5.92. The number of hydrogen-bond donors (Lipinski definition) is 2. The number of rotatable bonds is 2. The fourth-order valence-corrected chi connectivity index (χ4v) is 4.68. The second-order valence-corrected chi connectivity index (χ2v) is 7.45. The number of halogens is 1. The second kappa shape index (κ2) is 6.23. The van der Waals surface area contributed by atoms with Crippen molar-refractivity contribution in [2.24, 2.45) is 23.5 Å². The van der Waals surface area contributed by atoms with Gasteiger partial charge >= 0.3 is 0 Å². The Balaban J connectivity index is 0.00000147. The van der Waals surface area contributed by atoms with Gasteiger partial charge in [-0.05, 0) is 57.3 Å². The number of nitrogens with one attached hydrogen (secondary N) is 1. The Morgan fingerprint density at radius 3 is 2.20 bits per heavy atom. The molecule has 1 amide bonds. The normalized spacial score (nSPS) is 38.9. The van der Waals surface area contributed by atoms with Crippen molar-refractivity contribution in [3.8, 4) is 0 Å². The summed E-state index contributed by atoms with van der Waals surface area (Å²) in [5, 5.41) is 3.35. The van der Waals surface area contributed by atoms with Crippen LogP contribution in [0.4, 0.5) is 0 Å². The SMILES string of the molecule is CC1(NC(=O)C2CC3CCCC(C2)C3N)CCCC1.Cl. The van der Waals surface area contributed by atoms with Crippen molar-refractivity contribution in [3.63, 3.8) is 0 Å². The van der Waals surface area contributed by atoms with Crippen molar-refractivity contribution in [1.29, 1.82) is 0 Å². The van der Waals surface area contributed by atoms with E-state index >= 15 is 0 Å². The number of hydrogen-bond acceptors (Lipinski definition) is 2. The smallest absolute Gasteiger partial charge is 0.223 e. The molecule has 0 heterocycles. The molecule has 2 unspecified atom stereocenters. The summed E-state index contributed by atoms with van der Waals surface area (Å²) in [5.74, 6) is 1.74. The molecule has 3 nitrogen and oxygen atoms in total. The highest BCUT2D eigenvalue weighted by molar-refractivity contribution is 5.85. The van der Waals surface area contributed by atoms with Gasteiger partial charge in [0.1, 0.15) is 0 Å². The zero-order chi connectivity index (χ0) is 13.5. The van der Waals surface area contributed by atoms with E-state index in [-0.39, 0.29) is 23.9 Å². The molecule has 0 spiro atoms. The monoisotopic (exact) mass is 300 g/mol. The van der Waals surface area contributed by atoms with Crippen LogP contribution in [0.5, 0.6) is 0 Å². The molecular formula is C16H29ClN2O. The molecule has 3 aliphatic carbocycles. The van der Waals surface area contributed by atoms with Crippen molar-refractivity contribution in [2.75, 3.05) is 0 Å². The number of nitrogens with two attached hydrogens (primary N) is 1. The molecule has 3 N–H and O–H groups in total. The first kappa shape index (κ1) is 16.1. The minimum Gasteiger partial charge on any atom is -0.351 e. The van der Waals surface area contributed by atoms with Crippen molar-refractivity contribution >= 4 is 18.3 Å². The van der Waals surface area contributed by atoms with Gasteiger partial charge in [0.05, 0.1) is 0 Å². The number of carbonyl (C=O) groups is 1. The fourth-order valence-electron chi connectivity index (χ4n) is 4.68. The molecule has 3 saturated carbocycles. The Hall–Kier alpha value is -0.280. The maximum absolute atomic E-state index is 12.5. The largest absolute Gasteiger partial charge is 0.351 e. The van der Waals surface area contributed by atoms with E-state index in [2.05, 4.69) is 12.2 Å². The average molecular weight is 301 g/mol. The third-order valence-electron chi connectivity index (χ3n) is 5.92. The Kier molecular flexibility index (Phi) is 5.01. The molecule has 3 fully saturated rings. The van der Waals surface area contributed by atoms with Crippen LogP contribution >= 0.6 is 12.4 Å². The van der Waals surface area contributed by atoms with E-state index in [1.807, 2.05) is 0 Å². The maximum Gasteiger partial charge on any atom is 0.223 e. The molecule has 3 aliphatic rings. The van der Waals surface area contributed by atoms with Crippen LogP contribution in [0.25, 0.3) is 0 Å². The van der Waals surface area contributed by atoms with Crippen LogP contribution in [-0.4, -0.2) is 17.5 Å². The second-order valence-electron chi connectivity index (χ2n) is 7.45. The number of amides is 1. The van der Waals surface area contributed by atoms with Crippen LogP contribution in [0.15, 0.2) is 0 Å². The predicted molar refractivity (Wildman–Crippen MR) is 83.8 cm³/mol. The van der Waals surface area contributed by atoms with Crippen molar-refractivity contribution < 1.29 is 4.79 Å². The van der Waals surface area contributed by atoms with Gasteiger partial charge < -0.3 is 11.1 Å². The van der Waals surface area contributed by atoms with E-state index in [0.717, 1.165) is 25.7 Å². The molecule has 0 aromatic carbocycles. The minimum atomic E-state index is 0. The number of carbonyl (C=O) groups excluding carboxylic acids is 1. The summed E-state index contributed by atoms with van der Waals surface area (Å²) >= 11 is 0. The fraction of sp³-hybridized carbons (Fsp3) is 0.938. The first-order chi connectivity index (χ1) is 9.07. The van der Waals surface area contributed by atoms with E-state index in [1.54, 1.807) is 0 Å². The summed E-state index contributed by atoms with van der Waals surface area (Å²) in [7, 11) is 0. The quantitative estimate of drug-likeness (QED) is 0.823. The summed E-state index contributed by atoms with van der Waals surface area (Å²) in [6, 6.07) is 0.361. The Morgan fingerprint density at radius 2 is 1.65 bits per heavy atom. The highest BCUT2D eigenvalue weighted by Crippen LogP contribution is 2.42. The molecule has 0 radical (unpaired) electrons. The van der Waals surface area contributed by atoms with Crippen LogP contribution < -0.4 is 11.1 Å². The lowest BCUT2D eigenvalue weighted by molar-refractivity contribution is -0.129. The van der Waals surface area contributed by atoms with Crippen LogP contribution in [-0.2, 0) is 4.79 Å². The molecule has 0 aromatic rings. The summed E-state index contributed by atoms with van der Waals surface area (Å²) in [6.07, 6.45) is 10.7. The summed E-state index contributed by atoms with van der Waals surface area (Å²) in [6.45, 7) is 2.22. The zero-order valence-corrected chi connectivity index (χ0v) is 13.4. The molecule has 0 aliphatic heterocycles. The van der Waals surface area contributed by atoms with Gasteiger partial charge in [0.2, 0.25) is 5.91 Å². The van der Waals surface area contributed by atoms with Gasteiger partial charge in [-0.25, -0.2) is 0 Å². The Labute approximate surface area is 128 Å². The lowest BCUT2D eigenvalue weighted by Crippen LogP contribution is -2.52. The van der Waals surface area contributed by atoms with E-state index in [0.29, 0.717) is 23.8 Å². The lowest BCUT2D eigenvalue weighted by atomic mass is 9.65. The molecule has 0 saturated heterocycles. The van der Waals surface area contributed by atoms with Gasteiger partial charge in [-0.1, -0.05) is 19.3 Å². The third kappa shape index (κ3) is 3.14. The van der Waals surface area contributed by atoms with Gasteiger partial charge in [-0.3, -0.25) is 4.79 Å². The highest BCUT2D eigenvalue weighted by Gasteiger charge is 2.42. The van der Waals surface area contributed by atoms with E-state index in [9.17, 15) is 4.79 Å². The van der Waals surface area contributed by atoms with Crippen molar-refractivity contribution in [3.05, 3.63) is 0 Å². The van der Waals surface area contributed by atoms with Gasteiger partial charge in [-0.2, -0.15) is 0 Å². The molecule has 4 heteroatoms. The average Bonchev–Trinajstić information content (AvgIpc) is 2.75. The van der Waals surface area contributed by atoms with Gasteiger partial charge in [0.25, 0.3) is 0 Å². The van der Waals surface area contributed by atoms with Gasteiger partial charge in [-0.15, -0.1) is 12.4 Å². The Morgan fingerprint density at radius 1 is 1.10 bits per heavy atom. The minimum absolute atomic E-state index is 0. The van der Waals surface area contributed by atoms with Crippen LogP contribution in [0, 0.1) is 17.8 Å². The zero-order valence-electron chi connectivity index (χ0n) is 12.6. The molecular weight excluding hydrogens is 272 g/mol.